The van der Waals surface area contributed by atoms with E-state index in [0.717, 1.165) is 0 Å². The molecule has 1 aromatic rings. The van der Waals surface area contributed by atoms with Gasteiger partial charge in [-0.15, -0.1) is 0 Å². The highest BCUT2D eigenvalue weighted by Gasteiger charge is 2.15. The summed E-state index contributed by atoms with van der Waals surface area (Å²) < 4.78 is 0. The monoisotopic (exact) mass is 221 g/mol. The van der Waals surface area contributed by atoms with Crippen LogP contribution in [0.25, 0.3) is 0 Å². The summed E-state index contributed by atoms with van der Waals surface area (Å²) in [6, 6.07) is 4.37. The maximum atomic E-state index is 10.5. The number of hydrogen-bond donors (Lipinski definition) is 2. The quantitative estimate of drug-likeness (QED) is 0.568. The fraction of sp³-hybridized carbons (Fsp3) is 0.333. The summed E-state index contributed by atoms with van der Waals surface area (Å²) in [5, 5.41) is 22.2. The molecule has 16 heavy (non-hydrogen) atoms. The van der Waals surface area contributed by atoms with Crippen molar-refractivity contribution in [3.8, 4) is 6.07 Å². The molecule has 0 aromatic carbocycles. The molecule has 0 amide bonds. The van der Waals surface area contributed by atoms with Gasteiger partial charge in [0.15, 0.2) is 0 Å². The van der Waals surface area contributed by atoms with Crippen LogP contribution >= 0.6 is 0 Å². The number of hydrogen-bond acceptors (Lipinski definition) is 6. The summed E-state index contributed by atoms with van der Waals surface area (Å²) >= 11 is 0. The molecule has 3 N–H and O–H groups in total. The van der Waals surface area contributed by atoms with Gasteiger partial charge in [-0.3, -0.25) is 10.1 Å². The second-order valence-corrected chi connectivity index (χ2v) is 3.21. The molecule has 1 rings (SSSR count). The van der Waals surface area contributed by atoms with E-state index in [-0.39, 0.29) is 17.4 Å². The molecule has 0 aliphatic heterocycles. The van der Waals surface area contributed by atoms with Crippen molar-refractivity contribution >= 4 is 11.5 Å². The second-order valence-electron chi connectivity index (χ2n) is 3.21. The van der Waals surface area contributed by atoms with Crippen molar-refractivity contribution in [1.82, 2.24) is 4.98 Å². The highest BCUT2D eigenvalue weighted by molar-refractivity contribution is 5.50. The van der Waals surface area contributed by atoms with Crippen LogP contribution in [0.3, 0.4) is 0 Å². The van der Waals surface area contributed by atoms with Crippen LogP contribution in [0.5, 0.6) is 0 Å². The molecule has 7 nitrogen and oxygen atoms in total. The Morgan fingerprint density at radius 3 is 2.94 bits per heavy atom. The number of nitrogens with one attached hydrogen (secondary N) is 1. The van der Waals surface area contributed by atoms with Gasteiger partial charge < -0.3 is 11.1 Å². The number of nitrogens with two attached hydrogens (primary N) is 1. The predicted octanol–water partition coefficient (Wildman–Crippen LogP) is 0.621. The molecule has 84 valence electrons. The van der Waals surface area contributed by atoms with Crippen molar-refractivity contribution in [3.05, 3.63) is 27.9 Å². The van der Waals surface area contributed by atoms with Gasteiger partial charge in [0, 0.05) is 18.7 Å². The maximum Gasteiger partial charge on any atom is 0.305 e. The summed E-state index contributed by atoms with van der Waals surface area (Å²) in [7, 11) is 0. The lowest BCUT2D eigenvalue weighted by Gasteiger charge is -2.11. The molecular formula is C9H11N5O2. The molecule has 0 saturated heterocycles. The van der Waals surface area contributed by atoms with Crippen LogP contribution in [0.15, 0.2) is 12.1 Å². The Labute approximate surface area is 92.0 Å². The zero-order valence-corrected chi connectivity index (χ0v) is 8.67. The van der Waals surface area contributed by atoms with Gasteiger partial charge in [-0.25, -0.2) is 4.98 Å². The van der Waals surface area contributed by atoms with E-state index >= 15 is 0 Å². The molecule has 0 spiro atoms. The minimum Gasteiger partial charge on any atom is -0.366 e. The van der Waals surface area contributed by atoms with Crippen LogP contribution in [-0.4, -0.2) is 22.5 Å². The average molecular weight is 221 g/mol. The maximum absolute atomic E-state index is 10.5. The first-order valence-corrected chi connectivity index (χ1v) is 4.60. The van der Waals surface area contributed by atoms with Gasteiger partial charge in [-0.2, -0.15) is 5.26 Å². The minimum absolute atomic E-state index is 0.0134. The van der Waals surface area contributed by atoms with Crippen molar-refractivity contribution in [2.45, 2.75) is 13.0 Å². The molecule has 1 unspecified atom stereocenters. The fourth-order valence-corrected chi connectivity index (χ4v) is 1.07. The molecule has 0 aliphatic carbocycles. The number of nitro groups is 1. The van der Waals surface area contributed by atoms with Crippen LogP contribution in [0.4, 0.5) is 11.5 Å². The number of nitriles is 1. The molecule has 1 heterocycles. The van der Waals surface area contributed by atoms with Gasteiger partial charge in [0.05, 0.1) is 4.92 Å². The molecule has 0 aliphatic rings. The summed E-state index contributed by atoms with van der Waals surface area (Å²) in [5.41, 5.74) is 4.90. The summed E-state index contributed by atoms with van der Waals surface area (Å²) in [5.74, 6) is 0.403. The molecule has 0 saturated carbocycles. The third-order valence-corrected chi connectivity index (χ3v) is 1.92. The average Bonchev–Trinajstić information content (AvgIpc) is 2.28. The lowest BCUT2D eigenvalue weighted by molar-refractivity contribution is -0.385. The zero-order valence-electron chi connectivity index (χ0n) is 8.67. The molecule has 1 atom stereocenters. The Hall–Kier alpha value is -2.20. The lowest BCUT2D eigenvalue weighted by atomic mass is 10.3. The first-order valence-electron chi connectivity index (χ1n) is 4.60. The molecule has 7 heteroatoms. The zero-order chi connectivity index (χ0) is 12.1. The van der Waals surface area contributed by atoms with Crippen LogP contribution in [0.1, 0.15) is 12.6 Å². The number of nitrogens with zero attached hydrogens (tertiary/aromatic N) is 3. The Morgan fingerprint density at radius 1 is 1.75 bits per heavy atom. The Kier molecular flexibility index (Phi) is 3.74. The Balaban J connectivity index is 3.01. The van der Waals surface area contributed by atoms with Crippen molar-refractivity contribution in [1.29, 1.82) is 5.26 Å². The highest BCUT2D eigenvalue weighted by atomic mass is 16.6. The van der Waals surface area contributed by atoms with Crippen LogP contribution < -0.4 is 11.1 Å². The van der Waals surface area contributed by atoms with Gasteiger partial charge in [0.2, 0.25) is 5.69 Å². The molecule has 0 bridgehead atoms. The van der Waals surface area contributed by atoms with Crippen LogP contribution in [0, 0.1) is 21.4 Å². The summed E-state index contributed by atoms with van der Waals surface area (Å²) in [4.78, 5) is 13.7. The lowest BCUT2D eigenvalue weighted by Crippen LogP contribution is -2.25. The molecule has 0 radical (unpaired) electrons. The molecule has 1 aromatic heterocycles. The number of aromatic nitrogens is 1. The van der Waals surface area contributed by atoms with Crippen molar-refractivity contribution in [2.75, 3.05) is 11.9 Å². The van der Waals surface area contributed by atoms with E-state index in [1.165, 1.54) is 12.1 Å². The number of anilines is 1. The standard InChI is InChI=1S/C9H11N5O2/c1-6(4-10)12-9-3-2-8(14(15)16)7(5-11)13-9/h2-3,6H,4,10H2,1H3,(H,12,13). The Bertz CT molecular complexity index is 440. The van der Waals surface area contributed by atoms with Gasteiger partial charge >= 0.3 is 5.69 Å². The molecule has 0 fully saturated rings. The van der Waals surface area contributed by atoms with Crippen LogP contribution in [0.2, 0.25) is 0 Å². The van der Waals surface area contributed by atoms with E-state index in [4.69, 9.17) is 11.0 Å². The van der Waals surface area contributed by atoms with E-state index in [1.54, 1.807) is 6.07 Å². The smallest absolute Gasteiger partial charge is 0.305 e. The van der Waals surface area contributed by atoms with Crippen molar-refractivity contribution < 1.29 is 4.92 Å². The predicted molar refractivity (Wildman–Crippen MR) is 57.7 cm³/mol. The van der Waals surface area contributed by atoms with Crippen molar-refractivity contribution in [3.63, 3.8) is 0 Å². The van der Waals surface area contributed by atoms with E-state index in [0.29, 0.717) is 12.4 Å². The van der Waals surface area contributed by atoms with E-state index in [2.05, 4.69) is 10.3 Å². The summed E-state index contributed by atoms with van der Waals surface area (Å²) in [6.45, 7) is 2.25. The van der Waals surface area contributed by atoms with Gasteiger partial charge in [-0.1, -0.05) is 0 Å². The SMILES string of the molecule is CC(CN)Nc1ccc([N+](=O)[O-])c(C#N)n1. The third-order valence-electron chi connectivity index (χ3n) is 1.92. The first-order chi connectivity index (χ1) is 7.58. The van der Waals surface area contributed by atoms with Gasteiger partial charge in [0.25, 0.3) is 0 Å². The topological polar surface area (TPSA) is 118 Å². The second kappa shape index (κ2) is 5.04. The first kappa shape index (κ1) is 11.9. The largest absolute Gasteiger partial charge is 0.366 e. The van der Waals surface area contributed by atoms with Gasteiger partial charge in [-0.05, 0) is 13.0 Å². The normalized spacial score (nSPS) is 11.6. The minimum atomic E-state index is -0.637. The van der Waals surface area contributed by atoms with E-state index in [1.807, 2.05) is 6.92 Å². The van der Waals surface area contributed by atoms with E-state index in [9.17, 15) is 10.1 Å². The Morgan fingerprint density at radius 2 is 2.44 bits per heavy atom. The highest BCUT2D eigenvalue weighted by Crippen LogP contribution is 2.18. The van der Waals surface area contributed by atoms with Crippen molar-refractivity contribution in [2.24, 2.45) is 5.73 Å². The van der Waals surface area contributed by atoms with Crippen LogP contribution in [-0.2, 0) is 0 Å². The fourth-order valence-electron chi connectivity index (χ4n) is 1.07. The number of rotatable bonds is 4. The molecular weight excluding hydrogens is 210 g/mol. The number of pyridine rings is 1. The summed E-state index contributed by atoms with van der Waals surface area (Å²) in [6.07, 6.45) is 0. The van der Waals surface area contributed by atoms with E-state index < -0.39 is 4.92 Å². The third kappa shape index (κ3) is 2.65. The van der Waals surface area contributed by atoms with Gasteiger partial charge in [0.1, 0.15) is 11.9 Å².